The molecule has 2 fully saturated rings. The summed E-state index contributed by atoms with van der Waals surface area (Å²) in [5.74, 6) is 0.274. The molecule has 0 bridgehead atoms. The standard InChI is InChI=1S/C26H35N5O6/c1-2-3-12-35-25(34)30-24-20-10-11-21(31(20)29-17-28-24)26(16-27)22(32)14-19(37-26)15-36-23(33)13-18-8-6-4-5-7-9-18/h10-11,17-19,22,32H,2-9,12-15H2,1H3,(H,28,29,30,34)/t19-,22-,26+/m1/s1. The van der Waals surface area contributed by atoms with Crippen LogP contribution in [0.5, 0.6) is 0 Å². The highest BCUT2D eigenvalue weighted by molar-refractivity contribution is 5.88. The molecule has 2 aromatic rings. The van der Waals surface area contributed by atoms with Crippen molar-refractivity contribution < 1.29 is 28.9 Å². The minimum Gasteiger partial charge on any atom is -0.463 e. The van der Waals surface area contributed by atoms with E-state index in [0.29, 0.717) is 24.5 Å². The van der Waals surface area contributed by atoms with E-state index in [0.717, 1.165) is 38.5 Å². The second-order valence-corrected chi connectivity index (χ2v) is 9.82. The molecule has 1 aliphatic carbocycles. The summed E-state index contributed by atoms with van der Waals surface area (Å²) in [7, 11) is 0. The van der Waals surface area contributed by atoms with Gasteiger partial charge in [0.2, 0.25) is 5.60 Å². The van der Waals surface area contributed by atoms with Gasteiger partial charge in [-0.3, -0.25) is 10.1 Å². The molecule has 0 unspecified atom stereocenters. The van der Waals surface area contributed by atoms with Crippen molar-refractivity contribution in [3.63, 3.8) is 0 Å². The van der Waals surface area contributed by atoms with Crippen LogP contribution in [0.4, 0.5) is 10.6 Å². The molecule has 2 N–H and O–H groups in total. The fourth-order valence-electron chi connectivity index (χ4n) is 5.10. The van der Waals surface area contributed by atoms with Crippen LogP contribution in [0, 0.1) is 17.2 Å². The predicted molar refractivity (Wildman–Crippen MR) is 132 cm³/mol. The van der Waals surface area contributed by atoms with Gasteiger partial charge in [-0.2, -0.15) is 10.4 Å². The van der Waals surface area contributed by atoms with E-state index in [1.165, 1.54) is 23.7 Å². The Labute approximate surface area is 216 Å². The number of hydrogen-bond donors (Lipinski definition) is 2. The SMILES string of the molecule is CCCCOC(=O)Nc1ncnn2c([C@]3(C#N)O[C@@H](COC(=O)CC4CCCCCC4)C[C@H]3O)ccc12. The number of carbonyl (C=O) groups excluding carboxylic acids is 2. The van der Waals surface area contributed by atoms with E-state index in [4.69, 9.17) is 14.2 Å². The Hall–Kier alpha value is -3.23. The van der Waals surface area contributed by atoms with Crippen molar-refractivity contribution in [2.45, 2.75) is 88.9 Å². The van der Waals surface area contributed by atoms with Crippen LogP contribution in [0.25, 0.3) is 5.52 Å². The maximum atomic E-state index is 12.4. The molecule has 11 nitrogen and oxygen atoms in total. The number of aromatic nitrogens is 3. The Balaban J connectivity index is 1.42. The normalized spacial score (nSPS) is 24.4. The van der Waals surface area contributed by atoms with Gasteiger partial charge in [-0.05, 0) is 37.3 Å². The zero-order valence-corrected chi connectivity index (χ0v) is 21.2. The average molecular weight is 514 g/mol. The lowest BCUT2D eigenvalue weighted by atomic mass is 9.94. The van der Waals surface area contributed by atoms with Crippen molar-refractivity contribution in [2.75, 3.05) is 18.5 Å². The lowest BCUT2D eigenvalue weighted by Crippen LogP contribution is -2.36. The van der Waals surface area contributed by atoms with Crippen molar-refractivity contribution in [3.05, 3.63) is 24.2 Å². The van der Waals surface area contributed by atoms with Crippen LogP contribution in [-0.2, 0) is 24.6 Å². The van der Waals surface area contributed by atoms with E-state index in [1.807, 2.05) is 6.92 Å². The van der Waals surface area contributed by atoms with Gasteiger partial charge in [0.1, 0.15) is 30.6 Å². The molecule has 11 heteroatoms. The van der Waals surface area contributed by atoms with Gasteiger partial charge in [-0.25, -0.2) is 14.3 Å². The van der Waals surface area contributed by atoms with Gasteiger partial charge in [0.15, 0.2) is 5.82 Å². The maximum absolute atomic E-state index is 12.4. The molecule has 1 aliphatic heterocycles. The number of unbranched alkanes of at least 4 members (excludes halogenated alkanes) is 1. The monoisotopic (exact) mass is 513 g/mol. The number of aliphatic hydroxyl groups is 1. The number of nitrogens with zero attached hydrogens (tertiary/aromatic N) is 4. The molecule has 37 heavy (non-hydrogen) atoms. The van der Waals surface area contributed by atoms with E-state index >= 15 is 0 Å². The molecule has 3 heterocycles. The summed E-state index contributed by atoms with van der Waals surface area (Å²) in [4.78, 5) is 28.7. The number of amides is 1. The van der Waals surface area contributed by atoms with Crippen LogP contribution < -0.4 is 5.32 Å². The number of esters is 1. The Bertz CT molecular complexity index is 1120. The summed E-state index contributed by atoms with van der Waals surface area (Å²) >= 11 is 0. The third kappa shape index (κ3) is 6.19. The van der Waals surface area contributed by atoms with Crippen molar-refractivity contribution in [2.24, 2.45) is 5.92 Å². The number of fused-ring (bicyclic) bond motifs is 1. The molecule has 1 amide bonds. The summed E-state index contributed by atoms with van der Waals surface area (Å²) in [5, 5.41) is 27.8. The van der Waals surface area contributed by atoms with Crippen LogP contribution in [0.15, 0.2) is 18.5 Å². The second-order valence-electron chi connectivity index (χ2n) is 9.82. The quantitative estimate of drug-likeness (QED) is 0.290. The third-order valence-electron chi connectivity index (χ3n) is 7.12. The van der Waals surface area contributed by atoms with Crippen LogP contribution in [-0.4, -0.2) is 57.2 Å². The van der Waals surface area contributed by atoms with Gasteiger partial charge in [0, 0.05) is 12.8 Å². The number of carbonyl (C=O) groups is 2. The minimum absolute atomic E-state index is 0.0409. The predicted octanol–water partition coefficient (Wildman–Crippen LogP) is 3.85. The summed E-state index contributed by atoms with van der Waals surface area (Å²) in [5.41, 5.74) is -1.03. The Kier molecular flexibility index (Phi) is 8.95. The Morgan fingerprint density at radius 1 is 1.27 bits per heavy atom. The molecule has 3 atom stereocenters. The fourth-order valence-corrected chi connectivity index (χ4v) is 5.10. The lowest BCUT2D eigenvalue weighted by molar-refractivity contribution is -0.150. The van der Waals surface area contributed by atoms with Crippen LogP contribution >= 0.6 is 0 Å². The van der Waals surface area contributed by atoms with Crippen molar-refractivity contribution >= 4 is 23.4 Å². The van der Waals surface area contributed by atoms with Crippen molar-refractivity contribution in [1.82, 2.24) is 14.6 Å². The van der Waals surface area contributed by atoms with Gasteiger partial charge in [-0.1, -0.05) is 39.0 Å². The van der Waals surface area contributed by atoms with E-state index in [-0.39, 0.29) is 30.5 Å². The van der Waals surface area contributed by atoms with Crippen LogP contribution in [0.3, 0.4) is 0 Å². The molecule has 2 aromatic heterocycles. The number of nitriles is 1. The first-order chi connectivity index (χ1) is 18.0. The first kappa shape index (κ1) is 26.8. The van der Waals surface area contributed by atoms with Gasteiger partial charge in [-0.15, -0.1) is 0 Å². The average Bonchev–Trinajstić information content (AvgIpc) is 3.36. The van der Waals surface area contributed by atoms with E-state index < -0.39 is 23.9 Å². The smallest absolute Gasteiger partial charge is 0.412 e. The number of aliphatic hydroxyl groups excluding tert-OH is 1. The summed E-state index contributed by atoms with van der Waals surface area (Å²) in [6, 6.07) is 5.33. The molecular formula is C26H35N5O6. The zero-order chi connectivity index (χ0) is 26.3. The van der Waals surface area contributed by atoms with E-state index in [1.54, 1.807) is 12.1 Å². The van der Waals surface area contributed by atoms with Crippen LogP contribution in [0.1, 0.15) is 76.8 Å². The first-order valence-corrected chi connectivity index (χ1v) is 13.2. The lowest BCUT2D eigenvalue weighted by Gasteiger charge is -2.24. The highest BCUT2D eigenvalue weighted by atomic mass is 16.6. The van der Waals surface area contributed by atoms with E-state index in [2.05, 4.69) is 21.5 Å². The molecule has 0 radical (unpaired) electrons. The molecule has 0 spiro atoms. The van der Waals surface area contributed by atoms with Crippen molar-refractivity contribution in [3.8, 4) is 6.07 Å². The van der Waals surface area contributed by atoms with Crippen LogP contribution in [0.2, 0.25) is 0 Å². The number of ether oxygens (including phenoxy) is 3. The topological polar surface area (TPSA) is 148 Å². The number of rotatable bonds is 9. The largest absolute Gasteiger partial charge is 0.463 e. The minimum atomic E-state index is -1.72. The van der Waals surface area contributed by atoms with Gasteiger partial charge < -0.3 is 19.3 Å². The maximum Gasteiger partial charge on any atom is 0.412 e. The molecular weight excluding hydrogens is 478 g/mol. The molecule has 1 saturated carbocycles. The Morgan fingerprint density at radius 3 is 2.78 bits per heavy atom. The highest BCUT2D eigenvalue weighted by Crippen LogP contribution is 2.40. The number of nitrogens with one attached hydrogen (secondary N) is 1. The van der Waals surface area contributed by atoms with Gasteiger partial charge in [0.25, 0.3) is 0 Å². The third-order valence-corrected chi connectivity index (χ3v) is 7.12. The molecule has 4 rings (SSSR count). The summed E-state index contributed by atoms with van der Waals surface area (Å²) in [6.07, 6.45) is 7.73. The molecule has 1 saturated heterocycles. The number of anilines is 1. The van der Waals surface area contributed by atoms with E-state index in [9.17, 15) is 20.0 Å². The Morgan fingerprint density at radius 2 is 2.05 bits per heavy atom. The van der Waals surface area contributed by atoms with Gasteiger partial charge in [0.05, 0.1) is 18.4 Å². The molecule has 200 valence electrons. The molecule has 0 aromatic carbocycles. The molecule has 2 aliphatic rings. The summed E-state index contributed by atoms with van der Waals surface area (Å²) < 4.78 is 18.1. The fraction of sp³-hybridized carbons (Fsp3) is 0.654. The zero-order valence-electron chi connectivity index (χ0n) is 21.2. The first-order valence-electron chi connectivity index (χ1n) is 13.2. The van der Waals surface area contributed by atoms with Gasteiger partial charge >= 0.3 is 12.1 Å². The second kappa shape index (κ2) is 12.3. The number of hydrogen-bond acceptors (Lipinski definition) is 9. The van der Waals surface area contributed by atoms with Crippen molar-refractivity contribution in [1.29, 1.82) is 5.26 Å². The summed E-state index contributed by atoms with van der Waals surface area (Å²) in [6.45, 7) is 2.25. The highest BCUT2D eigenvalue weighted by Gasteiger charge is 2.52.